The van der Waals surface area contributed by atoms with Crippen LogP contribution in [0.1, 0.15) is 80.2 Å². The fourth-order valence-corrected chi connectivity index (χ4v) is 12.5. The van der Waals surface area contributed by atoms with E-state index in [1.165, 1.54) is 11.8 Å². The maximum absolute atomic E-state index is 14.7. The molecule has 3 saturated heterocycles. The van der Waals surface area contributed by atoms with Gasteiger partial charge in [-0.15, -0.1) is 11.8 Å². The SMILES string of the molecule is CCS[C@H]1O[C@H](COCc2ccccc2)[C@@H](O[C@@H]2OC[C@@H](OC(=O)c3ccccc3)[C@H](OC(=O)c3ccccc3)[C@H]2OC(=O)c2ccccc2)[C@H](OCc2ccc3ccccc3c2)[C@@H]1O[C@@H]1OC[C@@H](OC(=O)c2ccccc2)[C@H](OC(=O)c2ccccc2)[C@H]1OC(=O)c1ccccc1. The van der Waals surface area contributed by atoms with Crippen LogP contribution in [0.5, 0.6) is 0 Å². The van der Waals surface area contributed by atoms with Crippen LogP contribution >= 0.6 is 11.8 Å². The number of ether oxygens (including phenoxy) is 13. The summed E-state index contributed by atoms with van der Waals surface area (Å²) in [6.07, 6.45) is -18.1. The van der Waals surface area contributed by atoms with Crippen LogP contribution in [0.4, 0.5) is 0 Å². The summed E-state index contributed by atoms with van der Waals surface area (Å²) in [5, 5.41) is 1.89. The van der Waals surface area contributed by atoms with Gasteiger partial charge in [-0.25, -0.2) is 28.8 Å². The molecule has 3 aliphatic heterocycles. The Bertz CT molecular complexity index is 4080. The number of esters is 6. The molecule has 502 valence electrons. The lowest BCUT2D eigenvalue weighted by Gasteiger charge is -2.50. The molecule has 9 aromatic carbocycles. The van der Waals surface area contributed by atoms with Gasteiger partial charge in [-0.1, -0.05) is 183 Å². The molecule has 0 radical (unpaired) electrons. The van der Waals surface area contributed by atoms with Crippen molar-refractivity contribution in [1.29, 1.82) is 0 Å². The molecule has 0 N–H and O–H groups in total. The first-order valence-electron chi connectivity index (χ1n) is 32.1. The van der Waals surface area contributed by atoms with E-state index in [0.717, 1.165) is 21.9 Å². The smallest absolute Gasteiger partial charge is 0.338 e. The summed E-state index contributed by atoms with van der Waals surface area (Å²) in [5.74, 6) is -4.59. The van der Waals surface area contributed by atoms with Crippen molar-refractivity contribution in [3.05, 3.63) is 299 Å². The van der Waals surface area contributed by atoms with E-state index in [1.54, 1.807) is 182 Å². The van der Waals surface area contributed by atoms with E-state index in [1.807, 2.05) is 79.7 Å². The number of hydrogen-bond donors (Lipinski definition) is 0. The maximum atomic E-state index is 14.7. The van der Waals surface area contributed by atoms with Crippen molar-refractivity contribution in [2.45, 2.75) is 99.2 Å². The average Bonchev–Trinajstić information content (AvgIpc) is 0.773. The van der Waals surface area contributed by atoms with Crippen molar-refractivity contribution >= 4 is 58.4 Å². The molecule has 98 heavy (non-hydrogen) atoms. The molecule has 0 saturated carbocycles. The Morgan fingerprint density at radius 1 is 0.367 bits per heavy atom. The summed E-state index contributed by atoms with van der Waals surface area (Å²) in [6, 6.07) is 72.1. The van der Waals surface area contributed by atoms with Gasteiger partial charge in [0.15, 0.2) is 49.2 Å². The van der Waals surface area contributed by atoms with Gasteiger partial charge in [0.1, 0.15) is 29.9 Å². The summed E-state index contributed by atoms with van der Waals surface area (Å²) in [7, 11) is 0. The van der Waals surface area contributed by atoms with E-state index in [-0.39, 0.29) is 53.2 Å². The Hall–Kier alpha value is -9.87. The van der Waals surface area contributed by atoms with Gasteiger partial charge in [0.2, 0.25) is 0 Å². The Morgan fingerprint density at radius 3 is 1.15 bits per heavy atom. The number of fused-ring (bicyclic) bond motifs is 1. The van der Waals surface area contributed by atoms with Gasteiger partial charge < -0.3 is 61.6 Å². The topological polar surface area (TPSA) is 222 Å². The van der Waals surface area contributed by atoms with E-state index in [4.69, 9.17) is 61.6 Å². The number of carbonyl (C=O) groups is 6. The molecular formula is C78H70O19S. The lowest BCUT2D eigenvalue weighted by molar-refractivity contribution is -0.346. The fraction of sp³-hybridized carbons (Fsp3) is 0.256. The molecule has 12 rings (SSSR count). The van der Waals surface area contributed by atoms with Crippen LogP contribution in [0.3, 0.4) is 0 Å². The quantitative estimate of drug-likeness (QED) is 0.0383. The van der Waals surface area contributed by atoms with Crippen LogP contribution in [0.25, 0.3) is 10.8 Å². The number of hydrogen-bond acceptors (Lipinski definition) is 20. The number of rotatable bonds is 25. The molecule has 0 unspecified atom stereocenters. The van der Waals surface area contributed by atoms with Gasteiger partial charge in [0, 0.05) is 0 Å². The van der Waals surface area contributed by atoms with Crippen molar-refractivity contribution in [1.82, 2.24) is 0 Å². The van der Waals surface area contributed by atoms with Crippen molar-refractivity contribution in [2.75, 3.05) is 25.6 Å². The molecule has 0 aliphatic carbocycles. The second-order valence-corrected chi connectivity index (χ2v) is 24.5. The molecule has 3 heterocycles. The van der Waals surface area contributed by atoms with Crippen LogP contribution in [0.15, 0.2) is 255 Å². The third-order valence-corrected chi connectivity index (χ3v) is 17.5. The highest BCUT2D eigenvalue weighted by molar-refractivity contribution is 7.99. The zero-order valence-electron chi connectivity index (χ0n) is 53.2. The Balaban J connectivity index is 0.974. The predicted octanol–water partition coefficient (Wildman–Crippen LogP) is 12.3. The Labute approximate surface area is 570 Å². The fourth-order valence-electron chi connectivity index (χ4n) is 11.6. The number of benzene rings is 9. The average molecular weight is 1340 g/mol. The molecule has 3 aliphatic rings. The van der Waals surface area contributed by atoms with E-state index >= 15 is 0 Å². The zero-order valence-corrected chi connectivity index (χ0v) is 54.0. The minimum atomic E-state index is -1.73. The first kappa shape index (κ1) is 68.1. The summed E-state index contributed by atoms with van der Waals surface area (Å²) < 4.78 is 87.0. The van der Waals surface area contributed by atoms with Crippen LogP contribution in [-0.2, 0) is 74.8 Å². The highest BCUT2D eigenvalue weighted by atomic mass is 32.2. The molecule has 9 aromatic rings. The van der Waals surface area contributed by atoms with Crippen molar-refractivity contribution in [3.63, 3.8) is 0 Å². The highest BCUT2D eigenvalue weighted by Gasteiger charge is 2.57. The molecule has 0 amide bonds. The van der Waals surface area contributed by atoms with Crippen LogP contribution in [-0.4, -0.2) is 140 Å². The first-order valence-corrected chi connectivity index (χ1v) is 33.2. The van der Waals surface area contributed by atoms with E-state index < -0.39 is 128 Å². The summed E-state index contributed by atoms with van der Waals surface area (Å²) in [4.78, 5) is 86.5. The molecule has 3 fully saturated rings. The van der Waals surface area contributed by atoms with Gasteiger partial charge in [-0.05, 0) is 107 Å². The standard InChI is InChI=1S/C78H70O19S/c1-2-98-78-69(97-77-68(95-75(84)58-39-22-9-23-40-58)65(93-73(82)56-35-18-7-19-36-56)62(49-88-77)90-71(80)54-31-14-5-15-32-54)66(86-46-51-42-43-52-28-24-25-41-59(52)44-51)63(60(91-78)47-85-45-50-26-10-3-11-27-50)96-76-67(94-74(83)57-37-20-8-21-38-57)64(92-72(81)55-33-16-6-17-34-55)61(48-87-76)89-70(79)53-29-12-4-13-30-53/h3-44,60-69,76-78H,2,45-49H2,1H3/t60-,61-,62-,63-,64+,65+,66+,67-,68-,69+,76+,77+,78-/m1/s1. The van der Waals surface area contributed by atoms with E-state index in [2.05, 4.69) is 0 Å². The number of carbonyl (C=O) groups excluding carboxylic acids is 6. The maximum Gasteiger partial charge on any atom is 0.338 e. The second-order valence-electron chi connectivity index (χ2n) is 23.1. The van der Waals surface area contributed by atoms with Gasteiger partial charge in [0.25, 0.3) is 0 Å². The molecule has 0 aromatic heterocycles. The van der Waals surface area contributed by atoms with Gasteiger partial charge in [-0.2, -0.15) is 0 Å². The van der Waals surface area contributed by atoms with Crippen LogP contribution in [0, 0.1) is 0 Å². The predicted molar refractivity (Wildman–Crippen MR) is 359 cm³/mol. The van der Waals surface area contributed by atoms with Gasteiger partial charge in [-0.3, -0.25) is 0 Å². The molecule has 13 atom stereocenters. The largest absolute Gasteiger partial charge is 0.452 e. The summed E-state index contributed by atoms with van der Waals surface area (Å²) >= 11 is 1.34. The molecule has 19 nitrogen and oxygen atoms in total. The van der Waals surface area contributed by atoms with Crippen molar-refractivity contribution in [2.24, 2.45) is 0 Å². The van der Waals surface area contributed by atoms with E-state index in [9.17, 15) is 28.8 Å². The normalized spacial score (nSPS) is 23.7. The first-order chi connectivity index (χ1) is 48.0. The molecule has 0 bridgehead atoms. The minimum Gasteiger partial charge on any atom is -0.452 e. The third kappa shape index (κ3) is 17.3. The van der Waals surface area contributed by atoms with Gasteiger partial charge in [0.05, 0.1) is 66.4 Å². The Kier molecular flexibility index (Phi) is 23.2. The van der Waals surface area contributed by atoms with Crippen LogP contribution < -0.4 is 0 Å². The summed E-state index contributed by atoms with van der Waals surface area (Å²) in [6.45, 7) is 0.835. The second kappa shape index (κ2) is 33.4. The summed E-state index contributed by atoms with van der Waals surface area (Å²) in [5.41, 5.74) is 1.40. The van der Waals surface area contributed by atoms with Crippen molar-refractivity contribution in [3.8, 4) is 0 Å². The number of thioether (sulfide) groups is 1. The van der Waals surface area contributed by atoms with E-state index in [0.29, 0.717) is 5.75 Å². The van der Waals surface area contributed by atoms with Crippen LogP contribution in [0.2, 0.25) is 0 Å². The zero-order chi connectivity index (χ0) is 67.6. The Morgan fingerprint density at radius 2 is 0.735 bits per heavy atom. The highest BCUT2D eigenvalue weighted by Crippen LogP contribution is 2.40. The minimum absolute atomic E-state index is 0.101. The third-order valence-electron chi connectivity index (χ3n) is 16.5. The molecule has 20 heteroatoms. The lowest BCUT2D eigenvalue weighted by Crippen LogP contribution is -2.66. The monoisotopic (exact) mass is 1340 g/mol. The lowest BCUT2D eigenvalue weighted by atomic mass is 9.97. The molecular weight excluding hydrogens is 1270 g/mol. The van der Waals surface area contributed by atoms with Crippen molar-refractivity contribution < 1.29 is 90.3 Å². The van der Waals surface area contributed by atoms with Gasteiger partial charge >= 0.3 is 35.8 Å². The molecule has 0 spiro atoms.